The number of hydrogen-bond acceptors (Lipinski definition) is 4. The van der Waals surface area contributed by atoms with Gasteiger partial charge in [-0.05, 0) is 43.9 Å². The van der Waals surface area contributed by atoms with Crippen LogP contribution in [0, 0.1) is 12.8 Å². The van der Waals surface area contributed by atoms with E-state index in [0.29, 0.717) is 24.6 Å². The summed E-state index contributed by atoms with van der Waals surface area (Å²) in [7, 11) is 0. The number of carbonyl (C=O) groups is 1. The van der Waals surface area contributed by atoms with Crippen LogP contribution in [0.3, 0.4) is 0 Å². The lowest BCUT2D eigenvalue weighted by Gasteiger charge is -2.31. The number of benzene rings is 1. The predicted molar refractivity (Wildman–Crippen MR) is 96.0 cm³/mol. The van der Waals surface area contributed by atoms with Crippen molar-refractivity contribution in [1.82, 2.24) is 9.88 Å². The van der Waals surface area contributed by atoms with Gasteiger partial charge >= 0.3 is 0 Å². The summed E-state index contributed by atoms with van der Waals surface area (Å²) in [6, 6.07) is 7.74. The largest absolute Gasteiger partial charge is 0.493 e. The maximum Gasteiger partial charge on any atom is 0.222 e. The third-order valence-electron chi connectivity index (χ3n) is 4.70. The Bertz CT molecular complexity index is 737. The van der Waals surface area contributed by atoms with Gasteiger partial charge in [0.05, 0.1) is 17.5 Å². The van der Waals surface area contributed by atoms with E-state index < -0.39 is 0 Å². The van der Waals surface area contributed by atoms with Crippen molar-refractivity contribution in [2.75, 3.05) is 25.4 Å². The lowest BCUT2D eigenvalue weighted by molar-refractivity contribution is -0.132. The molecular formula is C19H25N3O2. The number of nitrogens with zero attached hydrogens (tertiary/aromatic N) is 2. The fourth-order valence-corrected chi connectivity index (χ4v) is 3.32. The monoisotopic (exact) mass is 327 g/mol. The highest BCUT2D eigenvalue weighted by Gasteiger charge is 2.22. The Kier molecular flexibility index (Phi) is 4.88. The molecule has 0 unspecified atom stereocenters. The van der Waals surface area contributed by atoms with Crippen LogP contribution in [0.2, 0.25) is 0 Å². The molecule has 0 bridgehead atoms. The number of nitrogen functional groups attached to an aromatic ring is 1. The number of pyridine rings is 1. The van der Waals surface area contributed by atoms with Gasteiger partial charge in [0, 0.05) is 30.9 Å². The minimum atomic E-state index is 0.248. The number of aryl methyl sites for hydroxylation is 1. The first-order valence-electron chi connectivity index (χ1n) is 8.65. The highest BCUT2D eigenvalue weighted by molar-refractivity contribution is 5.95. The Labute approximate surface area is 142 Å². The van der Waals surface area contributed by atoms with E-state index in [-0.39, 0.29) is 5.91 Å². The summed E-state index contributed by atoms with van der Waals surface area (Å²) in [6.07, 6.45) is 2.57. The predicted octanol–water partition coefficient (Wildman–Crippen LogP) is 3.15. The van der Waals surface area contributed by atoms with Crippen LogP contribution >= 0.6 is 0 Å². The highest BCUT2D eigenvalue weighted by atomic mass is 16.5. The molecule has 3 rings (SSSR count). The van der Waals surface area contributed by atoms with E-state index in [1.54, 1.807) is 0 Å². The van der Waals surface area contributed by atoms with Crippen LogP contribution in [0.5, 0.6) is 5.75 Å². The summed E-state index contributed by atoms with van der Waals surface area (Å²) in [4.78, 5) is 18.2. The van der Waals surface area contributed by atoms with Crippen LogP contribution < -0.4 is 10.5 Å². The molecule has 0 spiro atoms. The molecule has 5 nitrogen and oxygen atoms in total. The summed E-state index contributed by atoms with van der Waals surface area (Å²) in [5.74, 6) is 1.52. The van der Waals surface area contributed by atoms with E-state index >= 15 is 0 Å². The van der Waals surface area contributed by atoms with Gasteiger partial charge in [-0.25, -0.2) is 0 Å². The molecule has 1 saturated heterocycles. The van der Waals surface area contributed by atoms with Crippen molar-refractivity contribution in [3.05, 3.63) is 30.0 Å². The molecule has 0 atom stereocenters. The van der Waals surface area contributed by atoms with Gasteiger partial charge in [-0.3, -0.25) is 9.78 Å². The van der Waals surface area contributed by atoms with Gasteiger partial charge in [-0.1, -0.05) is 13.0 Å². The van der Waals surface area contributed by atoms with Crippen LogP contribution in [0.1, 0.15) is 31.9 Å². The summed E-state index contributed by atoms with van der Waals surface area (Å²) in [6.45, 7) is 6.17. The zero-order valence-corrected chi connectivity index (χ0v) is 14.4. The van der Waals surface area contributed by atoms with Gasteiger partial charge in [0.2, 0.25) is 5.91 Å². The molecule has 128 valence electrons. The van der Waals surface area contributed by atoms with Crippen molar-refractivity contribution in [2.24, 2.45) is 5.92 Å². The van der Waals surface area contributed by atoms with E-state index in [1.807, 2.05) is 43.0 Å². The first-order valence-corrected chi connectivity index (χ1v) is 8.65. The number of carbonyl (C=O) groups excluding carboxylic acids is 1. The zero-order chi connectivity index (χ0) is 17.1. The molecule has 1 aliphatic rings. The van der Waals surface area contributed by atoms with Gasteiger partial charge in [0.1, 0.15) is 5.75 Å². The Hall–Kier alpha value is -2.30. The zero-order valence-electron chi connectivity index (χ0n) is 14.4. The molecule has 1 aliphatic heterocycles. The second-order valence-electron chi connectivity index (χ2n) is 6.49. The maximum absolute atomic E-state index is 11.7. The average molecular weight is 327 g/mol. The Balaban J connectivity index is 1.66. The molecule has 1 aromatic carbocycles. The van der Waals surface area contributed by atoms with E-state index in [9.17, 15) is 4.79 Å². The lowest BCUT2D eigenvalue weighted by Crippen LogP contribution is -2.39. The molecule has 2 aromatic rings. The summed E-state index contributed by atoms with van der Waals surface area (Å²) in [5, 5.41) is 0.890. The van der Waals surface area contributed by atoms with Crippen molar-refractivity contribution in [3.8, 4) is 5.75 Å². The molecule has 5 heteroatoms. The fraction of sp³-hybridized carbons (Fsp3) is 0.474. The van der Waals surface area contributed by atoms with Gasteiger partial charge < -0.3 is 15.4 Å². The van der Waals surface area contributed by atoms with Gasteiger partial charge in [0.15, 0.2) is 0 Å². The van der Waals surface area contributed by atoms with E-state index in [1.165, 1.54) is 0 Å². The molecule has 1 amide bonds. The first kappa shape index (κ1) is 16.6. The first-order chi connectivity index (χ1) is 11.6. The molecule has 1 fully saturated rings. The number of anilines is 1. The number of hydrogen-bond donors (Lipinski definition) is 1. The van der Waals surface area contributed by atoms with E-state index in [0.717, 1.165) is 48.3 Å². The molecule has 0 radical (unpaired) electrons. The molecule has 0 saturated carbocycles. The van der Waals surface area contributed by atoms with Crippen LogP contribution in [-0.4, -0.2) is 35.5 Å². The maximum atomic E-state index is 11.7. The van der Waals surface area contributed by atoms with Crippen LogP contribution in [-0.2, 0) is 4.79 Å². The topological polar surface area (TPSA) is 68.5 Å². The van der Waals surface area contributed by atoms with E-state index in [4.69, 9.17) is 10.5 Å². The van der Waals surface area contributed by atoms with Gasteiger partial charge in [-0.15, -0.1) is 0 Å². The van der Waals surface area contributed by atoms with Gasteiger partial charge in [-0.2, -0.15) is 0 Å². The van der Waals surface area contributed by atoms with Crippen LogP contribution in [0.25, 0.3) is 10.9 Å². The van der Waals surface area contributed by atoms with Crippen molar-refractivity contribution >= 4 is 22.5 Å². The second-order valence-corrected chi connectivity index (χ2v) is 6.49. The Morgan fingerprint density at radius 3 is 2.83 bits per heavy atom. The minimum Gasteiger partial charge on any atom is -0.493 e. The van der Waals surface area contributed by atoms with Crippen molar-refractivity contribution in [3.63, 3.8) is 0 Å². The lowest BCUT2D eigenvalue weighted by atomic mass is 9.97. The van der Waals surface area contributed by atoms with Crippen LogP contribution in [0.15, 0.2) is 24.3 Å². The quantitative estimate of drug-likeness (QED) is 0.936. The number of amides is 1. The molecule has 0 aliphatic carbocycles. The summed E-state index contributed by atoms with van der Waals surface area (Å²) >= 11 is 0. The third-order valence-corrected chi connectivity index (χ3v) is 4.70. The summed E-state index contributed by atoms with van der Waals surface area (Å²) < 4.78 is 6.08. The second kappa shape index (κ2) is 7.07. The minimum absolute atomic E-state index is 0.248. The van der Waals surface area contributed by atoms with Gasteiger partial charge in [0.25, 0.3) is 0 Å². The fourth-order valence-electron chi connectivity index (χ4n) is 3.32. The summed E-state index contributed by atoms with van der Waals surface area (Å²) in [5.41, 5.74) is 8.65. The number of aromatic nitrogens is 1. The standard InChI is InChI=1S/C19H25N3O2/c1-3-18(23)22-9-7-14(8-10-22)12-24-17-6-4-5-16-19(17)15(20)11-13(2)21-16/h4-6,11,14H,3,7-10,12H2,1-2H3,(H2,20,21). The molecular weight excluding hydrogens is 302 g/mol. The van der Waals surface area contributed by atoms with Crippen molar-refractivity contribution < 1.29 is 9.53 Å². The Morgan fingerprint density at radius 1 is 1.38 bits per heavy atom. The van der Waals surface area contributed by atoms with Crippen LogP contribution in [0.4, 0.5) is 5.69 Å². The number of rotatable bonds is 4. The number of likely N-dealkylation sites (tertiary alicyclic amines) is 1. The average Bonchev–Trinajstić information content (AvgIpc) is 2.59. The van der Waals surface area contributed by atoms with Crippen molar-refractivity contribution in [2.45, 2.75) is 33.1 Å². The third kappa shape index (κ3) is 3.45. The van der Waals surface area contributed by atoms with E-state index in [2.05, 4.69) is 4.98 Å². The normalized spacial score (nSPS) is 15.7. The number of piperidine rings is 1. The SMILES string of the molecule is CCC(=O)N1CCC(COc2cccc3nc(C)cc(N)c23)CC1. The number of ether oxygens (including phenoxy) is 1. The molecule has 2 N–H and O–H groups in total. The molecule has 2 heterocycles. The molecule has 1 aromatic heterocycles. The number of nitrogens with two attached hydrogens (primary N) is 1. The smallest absolute Gasteiger partial charge is 0.222 e. The molecule has 24 heavy (non-hydrogen) atoms. The highest BCUT2D eigenvalue weighted by Crippen LogP contribution is 2.31. The number of fused-ring (bicyclic) bond motifs is 1. The Morgan fingerprint density at radius 2 is 2.12 bits per heavy atom. The van der Waals surface area contributed by atoms with Crippen molar-refractivity contribution in [1.29, 1.82) is 0 Å².